The molecule has 0 radical (unpaired) electrons. The van der Waals surface area contributed by atoms with Crippen LogP contribution in [0.4, 0.5) is 0 Å². The molecule has 1 N–H and O–H groups in total. The molecular formula is C7H8BrClO. The van der Waals surface area contributed by atoms with Gasteiger partial charge in [0.25, 0.3) is 0 Å². The number of rotatable bonds is 0. The molecule has 0 aliphatic carbocycles. The quantitative estimate of drug-likeness (QED) is 0.717. The van der Waals surface area contributed by atoms with Gasteiger partial charge in [-0.25, -0.2) is 0 Å². The SMILES string of the molecule is CO.Clc1ccc(Br)cc1. The average molecular weight is 223 g/mol. The number of halogens is 2. The molecule has 0 fully saturated rings. The summed E-state index contributed by atoms with van der Waals surface area (Å²) in [6.45, 7) is 0. The Morgan fingerprint density at radius 3 is 1.90 bits per heavy atom. The summed E-state index contributed by atoms with van der Waals surface area (Å²) in [5.41, 5.74) is 0. The van der Waals surface area contributed by atoms with Gasteiger partial charge in [-0.05, 0) is 24.3 Å². The Morgan fingerprint density at radius 2 is 1.60 bits per heavy atom. The number of aliphatic hydroxyl groups excluding tert-OH is 1. The Kier molecular flexibility index (Phi) is 5.69. The molecule has 0 spiro atoms. The highest BCUT2D eigenvalue weighted by atomic mass is 79.9. The molecule has 0 saturated carbocycles. The summed E-state index contributed by atoms with van der Waals surface area (Å²) in [6.07, 6.45) is 0. The van der Waals surface area contributed by atoms with Crippen LogP contribution in [0.15, 0.2) is 28.7 Å². The summed E-state index contributed by atoms with van der Waals surface area (Å²) in [7, 11) is 1.00. The van der Waals surface area contributed by atoms with Gasteiger partial charge in [-0.15, -0.1) is 0 Å². The molecule has 0 atom stereocenters. The molecule has 0 amide bonds. The molecule has 1 nitrogen and oxygen atoms in total. The van der Waals surface area contributed by atoms with Crippen LogP contribution in [-0.4, -0.2) is 12.2 Å². The number of hydrogen-bond donors (Lipinski definition) is 1. The van der Waals surface area contributed by atoms with Gasteiger partial charge in [0.2, 0.25) is 0 Å². The largest absolute Gasteiger partial charge is 0.400 e. The van der Waals surface area contributed by atoms with Gasteiger partial charge in [0.15, 0.2) is 0 Å². The number of benzene rings is 1. The second-order valence-electron chi connectivity index (χ2n) is 1.44. The maximum atomic E-state index is 7.00. The molecule has 0 aliphatic heterocycles. The smallest absolute Gasteiger partial charge is 0.0406 e. The van der Waals surface area contributed by atoms with Crippen molar-refractivity contribution < 1.29 is 5.11 Å². The zero-order valence-electron chi connectivity index (χ0n) is 5.51. The lowest BCUT2D eigenvalue weighted by atomic mass is 10.4. The minimum atomic E-state index is 0.771. The average Bonchev–Trinajstić information content (AvgIpc) is 2.00. The second kappa shape index (κ2) is 5.71. The van der Waals surface area contributed by atoms with E-state index in [0.717, 1.165) is 16.6 Å². The van der Waals surface area contributed by atoms with E-state index < -0.39 is 0 Å². The lowest BCUT2D eigenvalue weighted by Crippen LogP contribution is -1.61. The van der Waals surface area contributed by atoms with Crippen molar-refractivity contribution in [1.82, 2.24) is 0 Å². The monoisotopic (exact) mass is 222 g/mol. The van der Waals surface area contributed by atoms with Crippen molar-refractivity contribution in [3.63, 3.8) is 0 Å². The topological polar surface area (TPSA) is 20.2 Å². The highest BCUT2D eigenvalue weighted by Crippen LogP contribution is 2.13. The fourth-order valence-corrected chi connectivity index (χ4v) is 0.820. The van der Waals surface area contributed by atoms with E-state index in [-0.39, 0.29) is 0 Å². The van der Waals surface area contributed by atoms with Gasteiger partial charge in [-0.3, -0.25) is 0 Å². The Hall–Kier alpha value is -0.0500. The fraction of sp³-hybridized carbons (Fsp3) is 0.143. The first kappa shape index (κ1) is 9.95. The van der Waals surface area contributed by atoms with E-state index in [9.17, 15) is 0 Å². The third kappa shape index (κ3) is 3.88. The highest BCUT2D eigenvalue weighted by molar-refractivity contribution is 9.10. The molecule has 56 valence electrons. The van der Waals surface area contributed by atoms with Gasteiger partial charge in [-0.2, -0.15) is 0 Å². The Bertz CT molecular complexity index is 152. The van der Waals surface area contributed by atoms with E-state index in [2.05, 4.69) is 15.9 Å². The van der Waals surface area contributed by atoms with E-state index in [1.807, 2.05) is 24.3 Å². The number of hydrogen-bond acceptors (Lipinski definition) is 1. The molecule has 3 heteroatoms. The highest BCUT2D eigenvalue weighted by Gasteiger charge is 1.83. The normalized spacial score (nSPS) is 8.00. The van der Waals surface area contributed by atoms with E-state index in [1.54, 1.807) is 0 Å². The Balaban J connectivity index is 0.000000371. The first-order chi connectivity index (χ1) is 4.79. The van der Waals surface area contributed by atoms with Gasteiger partial charge in [0.1, 0.15) is 0 Å². The lowest BCUT2D eigenvalue weighted by molar-refractivity contribution is 0.399. The molecule has 1 rings (SSSR count). The van der Waals surface area contributed by atoms with Crippen molar-refractivity contribution in [2.24, 2.45) is 0 Å². The predicted molar refractivity (Wildman–Crippen MR) is 47.3 cm³/mol. The maximum absolute atomic E-state index is 7.00. The van der Waals surface area contributed by atoms with E-state index >= 15 is 0 Å². The van der Waals surface area contributed by atoms with Crippen molar-refractivity contribution in [1.29, 1.82) is 0 Å². The number of aliphatic hydroxyl groups is 1. The predicted octanol–water partition coefficient (Wildman–Crippen LogP) is 2.71. The fourth-order valence-electron chi connectivity index (χ4n) is 0.430. The summed E-state index contributed by atoms with van der Waals surface area (Å²) in [5, 5.41) is 7.77. The van der Waals surface area contributed by atoms with Crippen molar-refractivity contribution in [2.45, 2.75) is 0 Å². The molecule has 1 aromatic rings. The molecular weight excluding hydrogens is 215 g/mol. The summed E-state index contributed by atoms with van der Waals surface area (Å²) < 4.78 is 1.06. The molecule has 0 saturated heterocycles. The van der Waals surface area contributed by atoms with Gasteiger partial charge >= 0.3 is 0 Å². The molecule has 0 heterocycles. The lowest BCUT2D eigenvalue weighted by Gasteiger charge is -1.86. The van der Waals surface area contributed by atoms with Crippen LogP contribution in [0, 0.1) is 0 Å². The van der Waals surface area contributed by atoms with Gasteiger partial charge in [0.05, 0.1) is 0 Å². The summed E-state index contributed by atoms with van der Waals surface area (Å²) in [4.78, 5) is 0. The Labute approximate surface area is 73.8 Å². The van der Waals surface area contributed by atoms with Crippen molar-refractivity contribution in [3.05, 3.63) is 33.8 Å². The summed E-state index contributed by atoms with van der Waals surface area (Å²) >= 11 is 8.88. The first-order valence-electron chi connectivity index (χ1n) is 2.65. The van der Waals surface area contributed by atoms with Crippen LogP contribution in [0.5, 0.6) is 0 Å². The Morgan fingerprint density at radius 1 is 1.20 bits per heavy atom. The molecule has 0 aliphatic rings. The van der Waals surface area contributed by atoms with Crippen LogP contribution >= 0.6 is 27.5 Å². The molecule has 1 aromatic carbocycles. The summed E-state index contributed by atoms with van der Waals surface area (Å²) in [6, 6.07) is 7.49. The van der Waals surface area contributed by atoms with Crippen LogP contribution in [0.1, 0.15) is 0 Å². The third-order valence-electron chi connectivity index (χ3n) is 0.804. The van der Waals surface area contributed by atoms with Crippen molar-refractivity contribution >= 4 is 27.5 Å². The molecule has 10 heavy (non-hydrogen) atoms. The summed E-state index contributed by atoms with van der Waals surface area (Å²) in [5.74, 6) is 0. The van der Waals surface area contributed by atoms with E-state index in [0.29, 0.717) is 0 Å². The standard InChI is InChI=1S/C6H4BrCl.CH4O/c7-5-1-3-6(8)4-2-5;1-2/h1-4H;2H,1H3. The van der Waals surface area contributed by atoms with Crippen LogP contribution in [0.3, 0.4) is 0 Å². The van der Waals surface area contributed by atoms with E-state index in [1.165, 1.54) is 0 Å². The minimum absolute atomic E-state index is 0.771. The van der Waals surface area contributed by atoms with Crippen LogP contribution < -0.4 is 0 Å². The van der Waals surface area contributed by atoms with Gasteiger partial charge in [-0.1, -0.05) is 27.5 Å². The minimum Gasteiger partial charge on any atom is -0.400 e. The zero-order chi connectivity index (χ0) is 7.98. The first-order valence-corrected chi connectivity index (χ1v) is 3.82. The maximum Gasteiger partial charge on any atom is 0.0406 e. The molecule has 0 unspecified atom stereocenters. The third-order valence-corrected chi connectivity index (χ3v) is 1.58. The molecule has 0 bridgehead atoms. The van der Waals surface area contributed by atoms with Crippen molar-refractivity contribution in [2.75, 3.05) is 7.11 Å². The van der Waals surface area contributed by atoms with Gasteiger partial charge < -0.3 is 5.11 Å². The zero-order valence-corrected chi connectivity index (χ0v) is 7.85. The van der Waals surface area contributed by atoms with Crippen molar-refractivity contribution in [3.8, 4) is 0 Å². The van der Waals surface area contributed by atoms with Gasteiger partial charge in [0, 0.05) is 16.6 Å². The van der Waals surface area contributed by atoms with Crippen LogP contribution in [0.2, 0.25) is 5.02 Å². The van der Waals surface area contributed by atoms with Crippen LogP contribution in [-0.2, 0) is 0 Å². The van der Waals surface area contributed by atoms with E-state index in [4.69, 9.17) is 16.7 Å². The van der Waals surface area contributed by atoms with Crippen LogP contribution in [0.25, 0.3) is 0 Å². The second-order valence-corrected chi connectivity index (χ2v) is 2.79. The molecule has 0 aromatic heterocycles.